The van der Waals surface area contributed by atoms with Gasteiger partial charge in [0, 0.05) is 59.8 Å². The Hall–Kier alpha value is -3.91. The number of anilines is 3. The quantitative estimate of drug-likeness (QED) is 0.353. The number of fused-ring (bicyclic) bond motifs is 2. The van der Waals surface area contributed by atoms with Gasteiger partial charge in [-0.15, -0.1) is 0 Å². The predicted molar refractivity (Wildman–Crippen MR) is 132 cm³/mol. The number of aliphatic hydroxyl groups is 1. The van der Waals surface area contributed by atoms with Gasteiger partial charge in [-0.2, -0.15) is 0 Å². The average molecular weight is 457 g/mol. The number of H-pyrrole nitrogens is 1. The van der Waals surface area contributed by atoms with E-state index >= 15 is 0 Å². The fraction of sp³-hybridized carbons (Fsp3) is 0.231. The van der Waals surface area contributed by atoms with Gasteiger partial charge in [0.25, 0.3) is 0 Å². The van der Waals surface area contributed by atoms with E-state index in [9.17, 15) is 9.50 Å². The molecule has 0 unspecified atom stereocenters. The summed E-state index contributed by atoms with van der Waals surface area (Å²) in [5.74, 6) is 0.463. The van der Waals surface area contributed by atoms with Crippen molar-refractivity contribution in [1.29, 1.82) is 0 Å². The molecule has 34 heavy (non-hydrogen) atoms. The molecule has 4 aromatic heterocycles. The first-order valence-electron chi connectivity index (χ1n) is 11.5. The second kappa shape index (κ2) is 8.14. The first-order valence-corrected chi connectivity index (χ1v) is 11.5. The maximum atomic E-state index is 13.7. The van der Waals surface area contributed by atoms with Crippen LogP contribution in [0.4, 0.5) is 21.6 Å². The number of aromatic amines is 1. The molecule has 1 aliphatic heterocycles. The Balaban J connectivity index is 1.33. The minimum atomic E-state index is -0.302. The molecule has 5 aromatic rings. The van der Waals surface area contributed by atoms with Gasteiger partial charge in [-0.05, 0) is 49.6 Å². The third-order valence-electron chi connectivity index (χ3n) is 6.63. The second-order valence-corrected chi connectivity index (χ2v) is 8.86. The van der Waals surface area contributed by atoms with Crippen molar-refractivity contribution in [2.75, 3.05) is 23.3 Å². The Labute approximate surface area is 195 Å². The second-order valence-electron chi connectivity index (χ2n) is 8.86. The third kappa shape index (κ3) is 3.56. The number of hydrogen-bond acceptors (Lipinski definition) is 5. The van der Waals surface area contributed by atoms with Crippen molar-refractivity contribution in [1.82, 2.24) is 19.4 Å². The molecule has 6 rings (SSSR count). The summed E-state index contributed by atoms with van der Waals surface area (Å²) in [7, 11) is 0. The van der Waals surface area contributed by atoms with Crippen molar-refractivity contribution >= 4 is 33.6 Å². The molecule has 0 saturated carbocycles. The molecule has 0 amide bonds. The van der Waals surface area contributed by atoms with E-state index in [0.717, 1.165) is 70.7 Å². The van der Waals surface area contributed by atoms with Crippen LogP contribution in [-0.4, -0.2) is 43.7 Å². The van der Waals surface area contributed by atoms with Gasteiger partial charge in [-0.1, -0.05) is 0 Å². The Kier molecular flexibility index (Phi) is 4.95. The van der Waals surface area contributed by atoms with Gasteiger partial charge < -0.3 is 20.3 Å². The summed E-state index contributed by atoms with van der Waals surface area (Å²) >= 11 is 0. The molecule has 1 aliphatic rings. The van der Waals surface area contributed by atoms with Crippen LogP contribution >= 0.6 is 0 Å². The highest BCUT2D eigenvalue weighted by Crippen LogP contribution is 2.37. The van der Waals surface area contributed by atoms with Crippen LogP contribution < -0.4 is 10.2 Å². The van der Waals surface area contributed by atoms with Gasteiger partial charge in [0.2, 0.25) is 0 Å². The zero-order valence-corrected chi connectivity index (χ0v) is 18.8. The summed E-state index contributed by atoms with van der Waals surface area (Å²) in [6.45, 7) is 3.75. The number of aryl methyl sites for hydroxylation is 1. The minimum Gasteiger partial charge on any atom is -0.393 e. The van der Waals surface area contributed by atoms with E-state index in [0.29, 0.717) is 5.65 Å². The molecule has 3 N–H and O–H groups in total. The molecule has 1 fully saturated rings. The highest BCUT2D eigenvalue weighted by molar-refractivity contribution is 6.05. The number of piperidine rings is 1. The number of hydrogen-bond donors (Lipinski definition) is 3. The molecule has 0 aliphatic carbocycles. The number of imidazole rings is 1. The van der Waals surface area contributed by atoms with Crippen molar-refractivity contribution in [2.45, 2.75) is 25.9 Å². The van der Waals surface area contributed by atoms with Crippen LogP contribution in [-0.2, 0) is 0 Å². The third-order valence-corrected chi connectivity index (χ3v) is 6.63. The molecule has 0 radical (unpaired) electrons. The number of halogens is 1. The lowest BCUT2D eigenvalue weighted by Crippen LogP contribution is -2.35. The van der Waals surface area contributed by atoms with Crippen LogP contribution in [0.15, 0.2) is 61.3 Å². The lowest BCUT2D eigenvalue weighted by Gasteiger charge is -2.31. The molecule has 8 heteroatoms. The number of nitrogens with one attached hydrogen (secondary N) is 2. The molecule has 5 heterocycles. The Bertz CT molecular complexity index is 1480. The summed E-state index contributed by atoms with van der Waals surface area (Å²) in [5, 5.41) is 15.3. The average Bonchev–Trinajstić information content (AvgIpc) is 3.48. The molecule has 1 saturated heterocycles. The number of aliphatic hydroxyl groups excluding tert-OH is 1. The van der Waals surface area contributed by atoms with E-state index in [1.54, 1.807) is 12.4 Å². The Morgan fingerprint density at radius 1 is 1.06 bits per heavy atom. The van der Waals surface area contributed by atoms with Crippen molar-refractivity contribution in [3.63, 3.8) is 0 Å². The maximum absolute atomic E-state index is 13.7. The van der Waals surface area contributed by atoms with Crippen LogP contribution in [0.25, 0.3) is 27.7 Å². The topological polar surface area (TPSA) is 81.5 Å². The number of rotatable bonds is 4. The van der Waals surface area contributed by atoms with Gasteiger partial charge in [0.05, 0.1) is 29.9 Å². The van der Waals surface area contributed by atoms with Crippen LogP contribution in [0.2, 0.25) is 0 Å². The van der Waals surface area contributed by atoms with E-state index in [1.165, 1.54) is 12.1 Å². The monoisotopic (exact) mass is 456 g/mol. The zero-order valence-electron chi connectivity index (χ0n) is 18.8. The van der Waals surface area contributed by atoms with Crippen LogP contribution in [0.3, 0.4) is 0 Å². The standard InChI is InChI=1S/C26H25FN6O/c1-16-10-22(31-24-3-2-18(12-29-24)32-7-5-19(34)6-8-32)20-13-28-14-21(20)26(16)23-15-30-25-11-17(27)4-9-33(23)25/h2-4,9-15,19,28,34H,5-8H2,1H3,(H,29,31). The fourth-order valence-electron chi connectivity index (χ4n) is 4.87. The van der Waals surface area contributed by atoms with Crippen LogP contribution in [0.5, 0.6) is 0 Å². The maximum Gasteiger partial charge on any atom is 0.140 e. The van der Waals surface area contributed by atoms with Gasteiger partial charge >= 0.3 is 0 Å². The Morgan fingerprint density at radius 2 is 1.88 bits per heavy atom. The van der Waals surface area contributed by atoms with E-state index in [1.807, 2.05) is 29.1 Å². The molecular weight excluding hydrogens is 431 g/mol. The van der Waals surface area contributed by atoms with Gasteiger partial charge in [-0.3, -0.25) is 4.40 Å². The van der Waals surface area contributed by atoms with Crippen LogP contribution in [0, 0.1) is 12.7 Å². The first-order chi connectivity index (χ1) is 16.6. The molecule has 1 aromatic carbocycles. The molecule has 0 atom stereocenters. The van der Waals surface area contributed by atoms with Gasteiger partial charge in [0.15, 0.2) is 0 Å². The van der Waals surface area contributed by atoms with Crippen molar-refractivity contribution in [3.8, 4) is 11.3 Å². The summed E-state index contributed by atoms with van der Waals surface area (Å²) in [6.07, 6.45) is 10.7. The highest BCUT2D eigenvalue weighted by Gasteiger charge is 2.18. The smallest absolute Gasteiger partial charge is 0.140 e. The number of benzene rings is 1. The number of aromatic nitrogens is 4. The lowest BCUT2D eigenvalue weighted by molar-refractivity contribution is 0.145. The molecule has 0 bridgehead atoms. The van der Waals surface area contributed by atoms with E-state index in [4.69, 9.17) is 0 Å². The summed E-state index contributed by atoms with van der Waals surface area (Å²) in [5.41, 5.74) is 5.64. The predicted octanol–water partition coefficient (Wildman–Crippen LogP) is 5.03. The van der Waals surface area contributed by atoms with Crippen molar-refractivity contribution < 1.29 is 9.50 Å². The summed E-state index contributed by atoms with van der Waals surface area (Å²) in [4.78, 5) is 14.5. The first kappa shape index (κ1) is 20.7. The van der Waals surface area contributed by atoms with E-state index in [2.05, 4.69) is 44.2 Å². The molecule has 172 valence electrons. The molecule has 7 nitrogen and oxygen atoms in total. The van der Waals surface area contributed by atoms with Crippen molar-refractivity contribution in [2.24, 2.45) is 0 Å². The zero-order chi connectivity index (χ0) is 23.2. The van der Waals surface area contributed by atoms with Crippen LogP contribution in [0.1, 0.15) is 18.4 Å². The number of nitrogens with zero attached hydrogens (tertiary/aromatic N) is 4. The number of pyridine rings is 2. The summed E-state index contributed by atoms with van der Waals surface area (Å²) in [6, 6.07) is 9.04. The van der Waals surface area contributed by atoms with E-state index < -0.39 is 0 Å². The SMILES string of the molecule is Cc1cc(Nc2ccc(N3CCC(O)CC3)cn2)c2c[nH]cc2c1-c1cnc2cc(F)ccn12. The van der Waals surface area contributed by atoms with E-state index in [-0.39, 0.29) is 11.9 Å². The summed E-state index contributed by atoms with van der Waals surface area (Å²) < 4.78 is 15.6. The van der Waals surface area contributed by atoms with Gasteiger partial charge in [-0.25, -0.2) is 14.4 Å². The molecular formula is C26H25FN6O. The lowest BCUT2D eigenvalue weighted by atomic mass is 9.99. The molecule has 0 spiro atoms. The van der Waals surface area contributed by atoms with Crippen molar-refractivity contribution in [3.05, 3.63) is 72.7 Å². The Morgan fingerprint density at radius 3 is 2.68 bits per heavy atom. The largest absolute Gasteiger partial charge is 0.393 e. The normalized spacial score (nSPS) is 14.9. The minimum absolute atomic E-state index is 0.193. The highest BCUT2D eigenvalue weighted by atomic mass is 19.1. The fourth-order valence-corrected chi connectivity index (χ4v) is 4.87. The van der Waals surface area contributed by atoms with Gasteiger partial charge in [0.1, 0.15) is 17.3 Å².